The third-order valence-electron chi connectivity index (χ3n) is 1.49. The molecule has 0 fully saturated rings. The summed E-state index contributed by atoms with van der Waals surface area (Å²) in [7, 11) is 1.54. The minimum atomic E-state index is -0.749. The van der Waals surface area contributed by atoms with Crippen LogP contribution in [0.2, 0.25) is 0 Å². The van der Waals surface area contributed by atoms with Crippen molar-refractivity contribution in [2.75, 3.05) is 13.7 Å². The average Bonchev–Trinajstić information content (AvgIpc) is 2.07. The number of rotatable bonds is 3. The van der Waals surface area contributed by atoms with Gasteiger partial charge in [0.2, 0.25) is 0 Å². The molecule has 11 heavy (non-hydrogen) atoms. The lowest BCUT2D eigenvalue weighted by atomic mass is 10.1. The Labute approximate surface area is 66.4 Å². The molecule has 0 heterocycles. The van der Waals surface area contributed by atoms with E-state index in [-0.39, 0.29) is 6.61 Å². The fourth-order valence-corrected chi connectivity index (χ4v) is 0.915. The van der Waals surface area contributed by atoms with Crippen LogP contribution in [-0.4, -0.2) is 13.7 Å². The van der Waals surface area contributed by atoms with Crippen molar-refractivity contribution in [3.05, 3.63) is 35.9 Å². The molecule has 2 nitrogen and oxygen atoms in total. The quantitative estimate of drug-likeness (QED) is 0.647. The maximum atomic E-state index is 11.2. The summed E-state index contributed by atoms with van der Waals surface area (Å²) in [5.74, 6) is 0. The van der Waals surface area contributed by atoms with Crippen LogP contribution >= 0.6 is 0 Å². The van der Waals surface area contributed by atoms with Gasteiger partial charge in [-0.15, -0.1) is 0 Å². The molecular weight excluding hydrogens is 140 g/mol. The Balaban J connectivity index is 2.61. The molecule has 1 rings (SSSR count). The molecule has 1 radical (unpaired) electrons. The van der Waals surface area contributed by atoms with Crippen LogP contribution in [0.25, 0.3) is 0 Å². The molecule has 1 aromatic rings. The molecule has 59 valence electrons. The first-order valence-corrected chi connectivity index (χ1v) is 3.54. The second-order valence-corrected chi connectivity index (χ2v) is 2.35. The summed E-state index contributed by atoms with van der Waals surface area (Å²) >= 11 is 0. The smallest absolute Gasteiger partial charge is 0.141 e. The van der Waals surface area contributed by atoms with E-state index < -0.39 is 6.10 Å². The minimum absolute atomic E-state index is 0.240. The Morgan fingerprint density at radius 1 is 1.36 bits per heavy atom. The summed E-state index contributed by atoms with van der Waals surface area (Å²) in [6, 6.07) is 9.24. The molecule has 1 aromatic carbocycles. The molecular formula is C9H11O2. The molecule has 0 saturated heterocycles. The molecule has 0 N–H and O–H groups in total. The van der Waals surface area contributed by atoms with Crippen molar-refractivity contribution >= 4 is 0 Å². The second-order valence-electron chi connectivity index (χ2n) is 2.35. The van der Waals surface area contributed by atoms with Gasteiger partial charge in [0.15, 0.2) is 0 Å². The van der Waals surface area contributed by atoms with Crippen molar-refractivity contribution in [1.82, 2.24) is 0 Å². The third kappa shape index (κ3) is 2.33. The van der Waals surface area contributed by atoms with Gasteiger partial charge in [-0.1, -0.05) is 30.3 Å². The van der Waals surface area contributed by atoms with Crippen molar-refractivity contribution in [3.63, 3.8) is 0 Å². The number of methoxy groups -OCH3 is 1. The van der Waals surface area contributed by atoms with Gasteiger partial charge in [-0.2, -0.15) is 0 Å². The highest BCUT2D eigenvalue weighted by Gasteiger charge is 2.06. The Hall–Kier alpha value is -0.860. The lowest BCUT2D eigenvalue weighted by molar-refractivity contribution is 0.0143. The van der Waals surface area contributed by atoms with Crippen molar-refractivity contribution in [3.8, 4) is 0 Å². The lowest BCUT2D eigenvalue weighted by Gasteiger charge is -2.05. The lowest BCUT2D eigenvalue weighted by Crippen LogP contribution is -2.02. The Kier molecular flexibility index (Phi) is 3.08. The van der Waals surface area contributed by atoms with E-state index in [0.717, 1.165) is 5.56 Å². The SMILES string of the molecule is COCC([O])c1ccccc1. The fraction of sp³-hybridized carbons (Fsp3) is 0.333. The highest BCUT2D eigenvalue weighted by molar-refractivity contribution is 5.16. The average molecular weight is 151 g/mol. The first-order chi connectivity index (χ1) is 5.34. The van der Waals surface area contributed by atoms with E-state index in [0.29, 0.717) is 0 Å². The molecule has 0 amide bonds. The first-order valence-electron chi connectivity index (χ1n) is 3.54. The molecule has 0 aliphatic heterocycles. The number of hydrogen-bond acceptors (Lipinski definition) is 1. The zero-order chi connectivity index (χ0) is 8.10. The van der Waals surface area contributed by atoms with Crippen LogP contribution in [0.3, 0.4) is 0 Å². The van der Waals surface area contributed by atoms with E-state index in [1.54, 1.807) is 0 Å². The highest BCUT2D eigenvalue weighted by atomic mass is 16.5. The summed E-state index contributed by atoms with van der Waals surface area (Å²) in [4.78, 5) is 0. The first kappa shape index (κ1) is 8.24. The van der Waals surface area contributed by atoms with Crippen LogP contribution in [0.4, 0.5) is 0 Å². The summed E-state index contributed by atoms with van der Waals surface area (Å²) in [5, 5.41) is 11.2. The van der Waals surface area contributed by atoms with Crippen LogP contribution in [-0.2, 0) is 9.84 Å². The summed E-state index contributed by atoms with van der Waals surface area (Å²) in [5.41, 5.74) is 0.786. The van der Waals surface area contributed by atoms with Crippen LogP contribution in [0.5, 0.6) is 0 Å². The Morgan fingerprint density at radius 2 is 2.00 bits per heavy atom. The normalized spacial score (nSPS) is 12.9. The number of hydrogen-bond donors (Lipinski definition) is 0. The van der Waals surface area contributed by atoms with E-state index in [1.807, 2.05) is 30.3 Å². The standard InChI is InChI=1S/C9H11O2/c1-11-7-9(10)8-5-3-2-4-6-8/h2-6,9H,7H2,1H3. The van der Waals surface area contributed by atoms with Gasteiger partial charge in [0.1, 0.15) is 6.10 Å². The molecule has 2 heteroatoms. The number of ether oxygens (including phenoxy) is 1. The molecule has 0 bridgehead atoms. The topological polar surface area (TPSA) is 29.1 Å². The molecule has 0 aliphatic carbocycles. The zero-order valence-corrected chi connectivity index (χ0v) is 6.49. The molecule has 0 spiro atoms. The number of benzene rings is 1. The minimum Gasteiger partial charge on any atom is -0.381 e. The Bertz CT molecular complexity index is 196. The summed E-state index contributed by atoms with van der Waals surface area (Å²) < 4.78 is 4.75. The van der Waals surface area contributed by atoms with Crippen LogP contribution < -0.4 is 0 Å². The third-order valence-corrected chi connectivity index (χ3v) is 1.49. The van der Waals surface area contributed by atoms with Crippen LogP contribution in [0.1, 0.15) is 11.7 Å². The van der Waals surface area contributed by atoms with Crippen molar-refractivity contribution in [1.29, 1.82) is 0 Å². The van der Waals surface area contributed by atoms with Gasteiger partial charge in [-0.3, -0.25) is 0 Å². The van der Waals surface area contributed by atoms with Crippen LogP contribution in [0, 0.1) is 0 Å². The molecule has 0 saturated carbocycles. The van der Waals surface area contributed by atoms with Gasteiger partial charge in [0, 0.05) is 7.11 Å². The van der Waals surface area contributed by atoms with Gasteiger partial charge >= 0.3 is 0 Å². The molecule has 1 unspecified atom stereocenters. The molecule has 0 aromatic heterocycles. The maximum Gasteiger partial charge on any atom is 0.141 e. The monoisotopic (exact) mass is 151 g/mol. The van der Waals surface area contributed by atoms with Gasteiger partial charge in [0.25, 0.3) is 0 Å². The van der Waals surface area contributed by atoms with Gasteiger partial charge in [-0.05, 0) is 5.56 Å². The van der Waals surface area contributed by atoms with Crippen LogP contribution in [0.15, 0.2) is 30.3 Å². The van der Waals surface area contributed by atoms with Gasteiger partial charge in [-0.25, -0.2) is 5.11 Å². The second kappa shape index (κ2) is 4.11. The van der Waals surface area contributed by atoms with E-state index in [9.17, 15) is 5.11 Å². The molecule has 0 aliphatic rings. The molecule has 1 atom stereocenters. The van der Waals surface area contributed by atoms with E-state index in [4.69, 9.17) is 4.74 Å². The van der Waals surface area contributed by atoms with E-state index in [2.05, 4.69) is 0 Å². The predicted octanol–water partition coefficient (Wildman–Crippen LogP) is 1.80. The predicted molar refractivity (Wildman–Crippen MR) is 41.7 cm³/mol. The van der Waals surface area contributed by atoms with Crippen molar-refractivity contribution in [2.24, 2.45) is 0 Å². The van der Waals surface area contributed by atoms with Gasteiger partial charge in [0.05, 0.1) is 6.61 Å². The fourth-order valence-electron chi connectivity index (χ4n) is 0.915. The van der Waals surface area contributed by atoms with E-state index >= 15 is 0 Å². The zero-order valence-electron chi connectivity index (χ0n) is 6.49. The van der Waals surface area contributed by atoms with Crippen molar-refractivity contribution in [2.45, 2.75) is 6.10 Å². The maximum absolute atomic E-state index is 11.2. The summed E-state index contributed by atoms with van der Waals surface area (Å²) in [6.07, 6.45) is -0.749. The Morgan fingerprint density at radius 3 is 2.55 bits per heavy atom. The largest absolute Gasteiger partial charge is 0.381 e. The van der Waals surface area contributed by atoms with E-state index in [1.165, 1.54) is 7.11 Å². The van der Waals surface area contributed by atoms with Crippen molar-refractivity contribution < 1.29 is 9.84 Å². The summed E-state index contributed by atoms with van der Waals surface area (Å²) in [6.45, 7) is 0.240. The van der Waals surface area contributed by atoms with Gasteiger partial charge < -0.3 is 4.74 Å². The highest BCUT2D eigenvalue weighted by Crippen LogP contribution is 2.11.